The number of nitrogens with one attached hydrogen (secondary N) is 1. The van der Waals surface area contributed by atoms with E-state index in [-0.39, 0.29) is 12.1 Å². The Morgan fingerprint density at radius 1 is 1.00 bits per heavy atom. The Balaban J connectivity index is 2.01. The minimum absolute atomic E-state index is 0.129. The number of amides is 1. The minimum Gasteiger partial charge on any atom is -0.465 e. The number of esters is 1. The molecule has 0 atom stereocenters. The van der Waals surface area contributed by atoms with Gasteiger partial charge in [0.1, 0.15) is 0 Å². The number of sulfone groups is 1. The minimum atomic E-state index is -4.69. The lowest BCUT2D eigenvalue weighted by molar-refractivity contribution is 0.0600. The van der Waals surface area contributed by atoms with Crippen LogP contribution in [-0.2, 0) is 21.1 Å². The van der Waals surface area contributed by atoms with Crippen molar-refractivity contribution < 1.29 is 31.5 Å². The number of methoxy groups -OCH3 is 1. The topological polar surface area (TPSA) is 89.5 Å². The van der Waals surface area contributed by atoms with E-state index in [1.807, 2.05) is 0 Å². The van der Waals surface area contributed by atoms with Crippen LogP contribution in [0.5, 0.6) is 0 Å². The third-order valence-electron chi connectivity index (χ3n) is 3.51. The number of hydrogen-bond donors (Lipinski definition) is 1. The summed E-state index contributed by atoms with van der Waals surface area (Å²) in [6.45, 7) is 0.164. The van der Waals surface area contributed by atoms with Gasteiger partial charge in [-0.2, -0.15) is 8.78 Å². The van der Waals surface area contributed by atoms with Gasteiger partial charge in [-0.05, 0) is 42.0 Å². The molecule has 0 saturated heterocycles. The van der Waals surface area contributed by atoms with Crippen molar-refractivity contribution in [1.82, 2.24) is 5.32 Å². The van der Waals surface area contributed by atoms with E-state index in [1.165, 1.54) is 7.11 Å². The highest BCUT2D eigenvalue weighted by atomic mass is 32.2. The highest BCUT2D eigenvalue weighted by Gasteiger charge is 2.26. The van der Waals surface area contributed by atoms with Crippen LogP contribution >= 0.6 is 0 Å². The molecule has 2 rings (SSSR count). The number of halogens is 2. The van der Waals surface area contributed by atoms with Crippen LogP contribution in [0.4, 0.5) is 8.78 Å². The molecule has 9 heteroatoms. The van der Waals surface area contributed by atoms with E-state index in [0.29, 0.717) is 5.56 Å². The largest absolute Gasteiger partial charge is 0.465 e. The zero-order valence-corrected chi connectivity index (χ0v) is 14.4. The van der Waals surface area contributed by atoms with Gasteiger partial charge in [-0.15, -0.1) is 0 Å². The molecule has 2 aromatic rings. The molecule has 26 heavy (non-hydrogen) atoms. The Kier molecular flexibility index (Phi) is 6.04. The molecule has 0 aliphatic carbocycles. The zero-order chi connectivity index (χ0) is 19.3. The van der Waals surface area contributed by atoms with Crippen molar-refractivity contribution in [2.45, 2.75) is 17.2 Å². The van der Waals surface area contributed by atoms with Gasteiger partial charge >= 0.3 is 11.7 Å². The number of carbonyl (C=O) groups excluding carboxylic acids is 2. The fourth-order valence-electron chi connectivity index (χ4n) is 2.06. The fraction of sp³-hybridized carbons (Fsp3) is 0.176. The number of carbonyl (C=O) groups is 2. The standard InChI is InChI=1S/C17H15F2NO5S/c1-25-16(22)13-4-2-11(3-5-13)10-20-15(21)12-6-8-14(9-7-12)26(23,24)17(18)19/h2-9,17H,10H2,1H3,(H,20,21). The molecule has 6 nitrogen and oxygen atoms in total. The second-order valence-electron chi connectivity index (χ2n) is 5.20. The number of benzene rings is 2. The molecule has 0 unspecified atom stereocenters. The van der Waals surface area contributed by atoms with Crippen molar-refractivity contribution in [2.75, 3.05) is 7.11 Å². The Hall–Kier alpha value is -2.81. The summed E-state index contributed by atoms with van der Waals surface area (Å²) in [6.07, 6.45) is 0. The molecule has 0 radical (unpaired) electrons. The lowest BCUT2D eigenvalue weighted by Gasteiger charge is -2.07. The van der Waals surface area contributed by atoms with Crippen molar-refractivity contribution in [3.8, 4) is 0 Å². The monoisotopic (exact) mass is 383 g/mol. The van der Waals surface area contributed by atoms with Crippen molar-refractivity contribution in [3.05, 3.63) is 65.2 Å². The van der Waals surface area contributed by atoms with Gasteiger partial charge in [0.15, 0.2) is 0 Å². The third-order valence-corrected chi connectivity index (χ3v) is 4.91. The lowest BCUT2D eigenvalue weighted by atomic mass is 10.1. The number of alkyl halides is 2. The van der Waals surface area contributed by atoms with Crippen LogP contribution in [0.15, 0.2) is 53.4 Å². The van der Waals surface area contributed by atoms with Gasteiger partial charge in [0.25, 0.3) is 5.91 Å². The van der Waals surface area contributed by atoms with E-state index in [9.17, 15) is 26.8 Å². The zero-order valence-electron chi connectivity index (χ0n) is 13.6. The van der Waals surface area contributed by atoms with Crippen molar-refractivity contribution in [3.63, 3.8) is 0 Å². The van der Waals surface area contributed by atoms with E-state index >= 15 is 0 Å². The van der Waals surface area contributed by atoms with Crippen LogP contribution in [-0.4, -0.2) is 33.2 Å². The first-order chi connectivity index (χ1) is 12.3. The lowest BCUT2D eigenvalue weighted by Crippen LogP contribution is -2.23. The third kappa shape index (κ3) is 4.42. The van der Waals surface area contributed by atoms with Crippen molar-refractivity contribution >= 4 is 21.7 Å². The number of rotatable bonds is 6. The van der Waals surface area contributed by atoms with Crippen molar-refractivity contribution in [2.24, 2.45) is 0 Å². The Morgan fingerprint density at radius 2 is 1.54 bits per heavy atom. The van der Waals surface area contributed by atoms with Gasteiger partial charge in [0.2, 0.25) is 9.84 Å². The summed E-state index contributed by atoms with van der Waals surface area (Å²) < 4.78 is 52.2. The molecule has 1 amide bonds. The number of hydrogen-bond acceptors (Lipinski definition) is 5. The Morgan fingerprint density at radius 3 is 2.04 bits per heavy atom. The van der Waals surface area contributed by atoms with E-state index < -0.39 is 32.4 Å². The first-order valence-electron chi connectivity index (χ1n) is 7.33. The maximum Gasteiger partial charge on any atom is 0.341 e. The van der Waals surface area contributed by atoms with Crippen LogP contribution in [0.1, 0.15) is 26.3 Å². The molecule has 0 saturated carbocycles. The first kappa shape index (κ1) is 19.5. The molecule has 0 aliphatic heterocycles. The molecule has 0 bridgehead atoms. The summed E-state index contributed by atoms with van der Waals surface area (Å²) in [5.74, 6) is -4.49. The van der Waals surface area contributed by atoms with Gasteiger partial charge in [-0.1, -0.05) is 12.1 Å². The van der Waals surface area contributed by atoms with Gasteiger partial charge in [0.05, 0.1) is 17.6 Å². The van der Waals surface area contributed by atoms with E-state index in [2.05, 4.69) is 10.1 Å². The van der Waals surface area contributed by atoms with Crippen LogP contribution in [0.2, 0.25) is 0 Å². The quantitative estimate of drug-likeness (QED) is 0.774. The Bertz CT molecular complexity index is 894. The fourth-order valence-corrected chi connectivity index (χ4v) is 2.78. The van der Waals surface area contributed by atoms with Gasteiger partial charge < -0.3 is 10.1 Å². The van der Waals surface area contributed by atoms with Crippen LogP contribution in [0.3, 0.4) is 0 Å². The van der Waals surface area contributed by atoms with Gasteiger partial charge in [-0.3, -0.25) is 4.79 Å². The maximum atomic E-state index is 12.5. The molecule has 0 heterocycles. The predicted octanol–water partition coefficient (Wildman–Crippen LogP) is 2.40. The molecule has 138 valence electrons. The summed E-state index contributed by atoms with van der Waals surface area (Å²) in [4.78, 5) is 22.8. The molecular weight excluding hydrogens is 368 g/mol. The van der Waals surface area contributed by atoms with Crippen molar-refractivity contribution in [1.29, 1.82) is 0 Å². The van der Waals surface area contributed by atoms with Gasteiger partial charge in [-0.25, -0.2) is 13.2 Å². The average Bonchev–Trinajstić information content (AvgIpc) is 2.65. The van der Waals surface area contributed by atoms with Crippen LogP contribution in [0, 0.1) is 0 Å². The predicted molar refractivity (Wildman–Crippen MR) is 88.6 cm³/mol. The first-order valence-corrected chi connectivity index (χ1v) is 8.88. The smallest absolute Gasteiger partial charge is 0.341 e. The highest BCUT2D eigenvalue weighted by Crippen LogP contribution is 2.18. The molecule has 0 fully saturated rings. The average molecular weight is 383 g/mol. The van der Waals surface area contributed by atoms with Gasteiger partial charge in [0, 0.05) is 12.1 Å². The van der Waals surface area contributed by atoms with E-state index in [1.54, 1.807) is 24.3 Å². The summed E-state index contributed by atoms with van der Waals surface area (Å²) in [5, 5.41) is 2.61. The second-order valence-corrected chi connectivity index (χ2v) is 7.12. The summed E-state index contributed by atoms with van der Waals surface area (Å²) in [6, 6.07) is 10.6. The van der Waals surface area contributed by atoms with E-state index in [0.717, 1.165) is 29.8 Å². The molecule has 0 aliphatic rings. The SMILES string of the molecule is COC(=O)c1ccc(CNC(=O)c2ccc(S(=O)(=O)C(F)F)cc2)cc1. The molecular formula is C17H15F2NO5S. The second kappa shape index (κ2) is 8.05. The highest BCUT2D eigenvalue weighted by molar-refractivity contribution is 7.91. The summed E-state index contributed by atoms with van der Waals surface area (Å²) in [7, 11) is -3.42. The molecule has 0 aromatic heterocycles. The van der Waals surface area contributed by atoms with Crippen LogP contribution < -0.4 is 5.32 Å². The van der Waals surface area contributed by atoms with Crippen LogP contribution in [0.25, 0.3) is 0 Å². The molecule has 1 N–H and O–H groups in total. The molecule has 0 spiro atoms. The summed E-state index contributed by atoms with van der Waals surface area (Å²) in [5.41, 5.74) is 1.23. The number of ether oxygens (including phenoxy) is 1. The van der Waals surface area contributed by atoms with E-state index in [4.69, 9.17) is 0 Å². The maximum absolute atomic E-state index is 12.5. The normalized spacial score (nSPS) is 11.2. The Labute approximate surface area is 148 Å². The summed E-state index contributed by atoms with van der Waals surface area (Å²) >= 11 is 0. The molecule has 2 aromatic carbocycles.